The number of nitrogens with zero attached hydrogens (tertiary/aromatic N) is 2. The number of amides is 1. The maximum Gasteiger partial charge on any atom is 0.255 e. The Labute approximate surface area is 151 Å². The molecule has 7 heteroatoms. The first-order valence-electron chi connectivity index (χ1n) is 8.17. The van der Waals surface area contributed by atoms with Crippen molar-refractivity contribution in [3.05, 3.63) is 71.9 Å². The lowest BCUT2D eigenvalue weighted by atomic mass is 10.1. The van der Waals surface area contributed by atoms with Crippen LogP contribution in [0, 0.1) is 0 Å². The van der Waals surface area contributed by atoms with Gasteiger partial charge in [0.05, 0.1) is 17.9 Å². The van der Waals surface area contributed by atoms with Crippen molar-refractivity contribution < 1.29 is 9.53 Å². The number of nitrogen functional groups attached to an aromatic ring is 1. The van der Waals surface area contributed by atoms with Gasteiger partial charge < -0.3 is 21.1 Å². The second-order valence-corrected chi connectivity index (χ2v) is 5.75. The lowest BCUT2D eigenvalue weighted by Gasteiger charge is -2.08. The van der Waals surface area contributed by atoms with E-state index in [0.29, 0.717) is 30.2 Å². The second kappa shape index (κ2) is 8.17. The van der Waals surface area contributed by atoms with E-state index in [4.69, 9.17) is 10.5 Å². The minimum absolute atomic E-state index is 0.195. The van der Waals surface area contributed by atoms with Gasteiger partial charge in [-0.3, -0.25) is 9.48 Å². The zero-order valence-electron chi connectivity index (χ0n) is 14.5. The molecule has 0 aliphatic rings. The standard InChI is InChI=1S/C19H21N5O2/c1-26-13-21-18-10-11-24(23-18)12-14-6-8-15(9-7-14)19(25)22-17-5-3-2-4-16(17)20/h2-11H,12-13,20H2,1H3,(H,21,23)(H,22,25). The van der Waals surface area contributed by atoms with Gasteiger partial charge in [0.2, 0.25) is 0 Å². The van der Waals surface area contributed by atoms with E-state index >= 15 is 0 Å². The third-order valence-corrected chi connectivity index (χ3v) is 3.81. The van der Waals surface area contributed by atoms with E-state index in [0.717, 1.165) is 11.4 Å². The molecule has 4 N–H and O–H groups in total. The lowest BCUT2D eigenvalue weighted by molar-refractivity contribution is 0.102. The number of ether oxygens (including phenoxy) is 1. The maximum absolute atomic E-state index is 12.3. The van der Waals surface area contributed by atoms with Crippen molar-refractivity contribution in [2.24, 2.45) is 0 Å². The number of rotatable bonds is 7. The van der Waals surface area contributed by atoms with E-state index in [1.807, 2.05) is 41.2 Å². The molecule has 3 rings (SSSR count). The van der Waals surface area contributed by atoms with E-state index in [-0.39, 0.29) is 5.91 Å². The molecule has 1 heterocycles. The third kappa shape index (κ3) is 4.40. The average molecular weight is 351 g/mol. The molecule has 0 saturated carbocycles. The number of hydrogen-bond acceptors (Lipinski definition) is 5. The summed E-state index contributed by atoms with van der Waals surface area (Å²) in [7, 11) is 1.62. The van der Waals surface area contributed by atoms with Crippen molar-refractivity contribution >= 4 is 23.1 Å². The Morgan fingerprint density at radius 3 is 2.65 bits per heavy atom. The van der Waals surface area contributed by atoms with Crippen molar-refractivity contribution in [1.29, 1.82) is 0 Å². The fourth-order valence-corrected chi connectivity index (χ4v) is 2.44. The Bertz CT molecular complexity index is 874. The fourth-order valence-electron chi connectivity index (χ4n) is 2.44. The number of aromatic nitrogens is 2. The Hall–Kier alpha value is -3.32. The summed E-state index contributed by atoms with van der Waals surface area (Å²) in [4.78, 5) is 12.3. The summed E-state index contributed by atoms with van der Waals surface area (Å²) in [5.41, 5.74) is 8.61. The van der Waals surface area contributed by atoms with Gasteiger partial charge in [-0.05, 0) is 29.8 Å². The van der Waals surface area contributed by atoms with Crippen molar-refractivity contribution in [2.45, 2.75) is 6.54 Å². The van der Waals surface area contributed by atoms with Crippen LogP contribution in [0.25, 0.3) is 0 Å². The topological polar surface area (TPSA) is 94.2 Å². The first-order chi connectivity index (χ1) is 12.7. The van der Waals surface area contributed by atoms with Gasteiger partial charge in [-0.1, -0.05) is 24.3 Å². The zero-order valence-corrected chi connectivity index (χ0v) is 14.5. The van der Waals surface area contributed by atoms with Gasteiger partial charge in [0, 0.05) is 24.9 Å². The largest absolute Gasteiger partial charge is 0.397 e. The highest BCUT2D eigenvalue weighted by molar-refractivity contribution is 6.05. The monoisotopic (exact) mass is 351 g/mol. The summed E-state index contributed by atoms with van der Waals surface area (Å²) in [6.07, 6.45) is 1.89. The minimum Gasteiger partial charge on any atom is -0.397 e. The van der Waals surface area contributed by atoms with Gasteiger partial charge in [0.25, 0.3) is 5.91 Å². The summed E-state index contributed by atoms with van der Waals surface area (Å²) in [6, 6.07) is 16.5. The number of carbonyl (C=O) groups is 1. The van der Waals surface area contributed by atoms with E-state index < -0.39 is 0 Å². The van der Waals surface area contributed by atoms with Gasteiger partial charge in [-0.2, -0.15) is 5.10 Å². The van der Waals surface area contributed by atoms with Crippen molar-refractivity contribution in [3.63, 3.8) is 0 Å². The number of anilines is 3. The molecule has 0 unspecified atom stereocenters. The first kappa shape index (κ1) is 17.5. The Morgan fingerprint density at radius 2 is 1.92 bits per heavy atom. The van der Waals surface area contributed by atoms with Crippen LogP contribution in [0.4, 0.5) is 17.2 Å². The molecule has 0 fully saturated rings. The average Bonchev–Trinajstić information content (AvgIpc) is 3.10. The second-order valence-electron chi connectivity index (χ2n) is 5.75. The highest BCUT2D eigenvalue weighted by atomic mass is 16.5. The number of carbonyl (C=O) groups excluding carboxylic acids is 1. The van der Waals surface area contributed by atoms with Crippen LogP contribution in [0.5, 0.6) is 0 Å². The molecule has 7 nitrogen and oxygen atoms in total. The zero-order chi connectivity index (χ0) is 18.4. The molecule has 0 atom stereocenters. The number of para-hydroxylation sites is 2. The minimum atomic E-state index is -0.195. The quantitative estimate of drug-likeness (QED) is 0.449. The van der Waals surface area contributed by atoms with Crippen LogP contribution >= 0.6 is 0 Å². The smallest absolute Gasteiger partial charge is 0.255 e. The predicted octanol–water partition coefficient (Wildman–Crippen LogP) is 2.78. The summed E-state index contributed by atoms with van der Waals surface area (Å²) >= 11 is 0. The first-order valence-corrected chi connectivity index (χ1v) is 8.17. The number of nitrogens with two attached hydrogens (primary N) is 1. The van der Waals surface area contributed by atoms with E-state index in [1.165, 1.54) is 0 Å². The summed E-state index contributed by atoms with van der Waals surface area (Å²) in [5, 5.41) is 10.3. The molecule has 0 aliphatic heterocycles. The molecule has 1 amide bonds. The molecule has 26 heavy (non-hydrogen) atoms. The molecular weight excluding hydrogens is 330 g/mol. The summed E-state index contributed by atoms with van der Waals surface area (Å²) < 4.78 is 6.77. The van der Waals surface area contributed by atoms with Crippen LogP contribution in [0.3, 0.4) is 0 Å². The number of benzene rings is 2. The molecule has 0 radical (unpaired) electrons. The SMILES string of the molecule is COCNc1ccn(Cc2ccc(C(=O)Nc3ccccc3N)cc2)n1. The molecule has 134 valence electrons. The van der Waals surface area contributed by atoms with Gasteiger partial charge in [-0.25, -0.2) is 0 Å². The maximum atomic E-state index is 12.3. The molecule has 0 saturated heterocycles. The van der Waals surface area contributed by atoms with Crippen LogP contribution in [-0.2, 0) is 11.3 Å². The lowest BCUT2D eigenvalue weighted by Crippen LogP contribution is -2.13. The van der Waals surface area contributed by atoms with Crippen LogP contribution in [0.2, 0.25) is 0 Å². The summed E-state index contributed by atoms with van der Waals surface area (Å²) in [5.74, 6) is 0.558. The van der Waals surface area contributed by atoms with Crippen LogP contribution in [0.1, 0.15) is 15.9 Å². The van der Waals surface area contributed by atoms with E-state index in [2.05, 4.69) is 15.7 Å². The highest BCUT2D eigenvalue weighted by Gasteiger charge is 2.08. The Balaban J connectivity index is 1.62. The van der Waals surface area contributed by atoms with Gasteiger partial charge in [0.1, 0.15) is 12.5 Å². The molecule has 1 aromatic heterocycles. The molecule has 0 aliphatic carbocycles. The van der Waals surface area contributed by atoms with Crippen molar-refractivity contribution in [3.8, 4) is 0 Å². The number of nitrogens with one attached hydrogen (secondary N) is 2. The van der Waals surface area contributed by atoms with E-state index in [9.17, 15) is 4.79 Å². The van der Waals surface area contributed by atoms with Crippen LogP contribution in [0.15, 0.2) is 60.8 Å². The molecule has 3 aromatic rings. The number of hydrogen-bond donors (Lipinski definition) is 3. The Kier molecular flexibility index (Phi) is 5.50. The molecule has 0 bridgehead atoms. The van der Waals surface area contributed by atoms with Gasteiger partial charge in [0.15, 0.2) is 0 Å². The molecular formula is C19H21N5O2. The van der Waals surface area contributed by atoms with Crippen LogP contribution in [-0.4, -0.2) is 29.5 Å². The molecule has 0 spiro atoms. The fraction of sp³-hybridized carbons (Fsp3) is 0.158. The van der Waals surface area contributed by atoms with Gasteiger partial charge in [-0.15, -0.1) is 0 Å². The normalized spacial score (nSPS) is 10.5. The summed E-state index contributed by atoms with van der Waals surface area (Å²) in [6.45, 7) is 1.02. The Morgan fingerprint density at radius 1 is 1.15 bits per heavy atom. The predicted molar refractivity (Wildman–Crippen MR) is 102 cm³/mol. The van der Waals surface area contributed by atoms with Gasteiger partial charge >= 0.3 is 0 Å². The third-order valence-electron chi connectivity index (χ3n) is 3.81. The van der Waals surface area contributed by atoms with E-state index in [1.54, 1.807) is 31.4 Å². The molecule has 2 aromatic carbocycles. The number of methoxy groups -OCH3 is 1. The van der Waals surface area contributed by atoms with Crippen molar-refractivity contribution in [2.75, 3.05) is 30.2 Å². The highest BCUT2D eigenvalue weighted by Crippen LogP contribution is 2.18. The van der Waals surface area contributed by atoms with Crippen molar-refractivity contribution in [1.82, 2.24) is 9.78 Å². The van der Waals surface area contributed by atoms with Crippen LogP contribution < -0.4 is 16.4 Å².